The van der Waals surface area contributed by atoms with Gasteiger partial charge in [0.25, 0.3) is 0 Å². The van der Waals surface area contributed by atoms with Crippen LogP contribution in [0.5, 0.6) is 0 Å². The topological polar surface area (TPSA) is 83.5 Å². The first kappa shape index (κ1) is 12.7. The van der Waals surface area contributed by atoms with E-state index in [4.69, 9.17) is 16.8 Å². The maximum absolute atomic E-state index is 9.02. The van der Waals surface area contributed by atoms with Gasteiger partial charge in [0.2, 0.25) is 5.84 Å². The summed E-state index contributed by atoms with van der Waals surface area (Å²) in [6, 6.07) is 6.99. The van der Waals surface area contributed by atoms with Crippen LogP contribution in [0.3, 0.4) is 0 Å². The van der Waals surface area contributed by atoms with Gasteiger partial charge in [-0.15, -0.1) is 11.8 Å². The number of halogens is 1. The molecule has 0 radical (unpaired) electrons. The van der Waals surface area contributed by atoms with Crippen LogP contribution < -0.4 is 5.32 Å². The van der Waals surface area contributed by atoms with Crippen LogP contribution in [-0.2, 0) is 0 Å². The van der Waals surface area contributed by atoms with Crippen molar-refractivity contribution in [2.24, 2.45) is 5.16 Å². The second-order valence-corrected chi connectivity index (χ2v) is 4.44. The van der Waals surface area contributed by atoms with E-state index in [2.05, 4.69) is 25.4 Å². The number of aromatic nitrogens is 2. The first-order valence-corrected chi connectivity index (χ1v) is 6.46. The molecular weight excluding hydrogens is 276 g/mol. The van der Waals surface area contributed by atoms with E-state index in [0.29, 0.717) is 21.4 Å². The van der Waals surface area contributed by atoms with Crippen molar-refractivity contribution in [3.63, 3.8) is 0 Å². The second-order valence-electron chi connectivity index (χ2n) is 3.21. The van der Waals surface area contributed by atoms with Gasteiger partial charge in [-0.25, -0.2) is 4.63 Å². The Morgan fingerprint density at radius 3 is 3.00 bits per heavy atom. The predicted octanol–water partition coefficient (Wildman–Crippen LogP) is 2.69. The van der Waals surface area contributed by atoms with Gasteiger partial charge in [0.05, 0.1) is 0 Å². The van der Waals surface area contributed by atoms with Crippen LogP contribution in [0.1, 0.15) is 5.69 Å². The summed E-state index contributed by atoms with van der Waals surface area (Å²) in [4.78, 5) is 0. The number of nitrogens with zero attached hydrogens (tertiary/aromatic N) is 3. The molecule has 2 aromatic rings. The van der Waals surface area contributed by atoms with Crippen LogP contribution in [0.25, 0.3) is 0 Å². The van der Waals surface area contributed by atoms with E-state index in [0.717, 1.165) is 0 Å². The van der Waals surface area contributed by atoms with Crippen LogP contribution in [0.2, 0.25) is 5.02 Å². The Hall–Kier alpha value is -1.73. The molecule has 0 spiro atoms. The van der Waals surface area contributed by atoms with Crippen molar-refractivity contribution in [3.8, 4) is 0 Å². The molecular formula is C10H9ClN4O2S. The van der Waals surface area contributed by atoms with Gasteiger partial charge >= 0.3 is 0 Å². The molecule has 1 aromatic carbocycles. The third kappa shape index (κ3) is 2.74. The monoisotopic (exact) mass is 284 g/mol. The Labute approximate surface area is 112 Å². The zero-order valence-electron chi connectivity index (χ0n) is 9.29. The highest BCUT2D eigenvalue weighted by atomic mass is 35.5. The van der Waals surface area contributed by atoms with Crippen molar-refractivity contribution >= 4 is 34.9 Å². The van der Waals surface area contributed by atoms with E-state index in [9.17, 15) is 0 Å². The lowest BCUT2D eigenvalue weighted by Gasteiger charge is -2.06. The summed E-state index contributed by atoms with van der Waals surface area (Å²) in [7, 11) is 0. The molecule has 2 rings (SSSR count). The largest absolute Gasteiger partial charge is 0.409 e. The summed E-state index contributed by atoms with van der Waals surface area (Å²) in [5, 5.41) is 23.5. The fourth-order valence-electron chi connectivity index (χ4n) is 1.29. The van der Waals surface area contributed by atoms with E-state index >= 15 is 0 Å². The summed E-state index contributed by atoms with van der Waals surface area (Å²) in [6.07, 6.45) is 1.82. The molecule has 0 fully saturated rings. The lowest BCUT2D eigenvalue weighted by Crippen LogP contribution is -2.15. The van der Waals surface area contributed by atoms with E-state index < -0.39 is 0 Å². The quantitative estimate of drug-likeness (QED) is 0.296. The first-order chi connectivity index (χ1) is 8.74. The molecule has 0 aliphatic carbocycles. The summed E-state index contributed by atoms with van der Waals surface area (Å²) in [5.74, 6) is 0.142. The highest BCUT2D eigenvalue weighted by molar-refractivity contribution is 7.98. The molecule has 0 aliphatic rings. The number of nitrogens with one attached hydrogen (secondary N) is 1. The Morgan fingerprint density at radius 1 is 1.50 bits per heavy atom. The summed E-state index contributed by atoms with van der Waals surface area (Å²) >= 11 is 7.20. The molecule has 0 aliphatic heterocycles. The molecule has 18 heavy (non-hydrogen) atoms. The van der Waals surface area contributed by atoms with Crippen molar-refractivity contribution < 1.29 is 9.84 Å². The van der Waals surface area contributed by atoms with Crippen LogP contribution in [0.15, 0.2) is 39.1 Å². The number of rotatable bonds is 3. The van der Waals surface area contributed by atoms with E-state index in [1.165, 1.54) is 11.8 Å². The molecule has 0 amide bonds. The fraction of sp³-hybridized carbons (Fsp3) is 0.100. The maximum Gasteiger partial charge on any atom is 0.202 e. The standard InChI is InChI=1S/C10H9ClN4O2S/c1-18-10-8(14-17-15-10)9(13-16)12-7-4-2-3-6(11)5-7/h2-5,16H,1H3,(H,12,13). The van der Waals surface area contributed by atoms with Gasteiger partial charge in [-0.05, 0) is 34.8 Å². The molecule has 0 saturated carbocycles. The molecule has 1 heterocycles. The molecule has 0 saturated heterocycles. The molecule has 8 heteroatoms. The number of benzene rings is 1. The van der Waals surface area contributed by atoms with Gasteiger partial charge in [-0.2, -0.15) is 0 Å². The van der Waals surface area contributed by atoms with Gasteiger partial charge in [0.1, 0.15) is 0 Å². The minimum atomic E-state index is 0.142. The minimum absolute atomic E-state index is 0.142. The van der Waals surface area contributed by atoms with Crippen LogP contribution in [0, 0.1) is 0 Å². The molecule has 2 N–H and O–H groups in total. The van der Waals surface area contributed by atoms with Gasteiger partial charge in [-0.3, -0.25) is 0 Å². The number of amidine groups is 1. The average molecular weight is 285 g/mol. The van der Waals surface area contributed by atoms with Crippen LogP contribution in [0.4, 0.5) is 5.69 Å². The Balaban J connectivity index is 2.26. The van der Waals surface area contributed by atoms with Crippen molar-refractivity contribution in [2.45, 2.75) is 5.03 Å². The fourth-order valence-corrected chi connectivity index (χ4v) is 1.92. The lowest BCUT2D eigenvalue weighted by atomic mass is 10.3. The number of anilines is 1. The van der Waals surface area contributed by atoms with E-state index in [1.54, 1.807) is 24.3 Å². The number of hydrogen-bond donors (Lipinski definition) is 2. The summed E-state index contributed by atoms with van der Waals surface area (Å²) in [5.41, 5.74) is 1.01. The van der Waals surface area contributed by atoms with E-state index in [-0.39, 0.29) is 5.84 Å². The molecule has 6 nitrogen and oxygen atoms in total. The lowest BCUT2D eigenvalue weighted by molar-refractivity contribution is 0.297. The van der Waals surface area contributed by atoms with Crippen molar-refractivity contribution in [3.05, 3.63) is 35.0 Å². The molecule has 1 aromatic heterocycles. The van der Waals surface area contributed by atoms with Crippen molar-refractivity contribution in [1.29, 1.82) is 0 Å². The predicted molar refractivity (Wildman–Crippen MR) is 69.5 cm³/mol. The molecule has 94 valence electrons. The SMILES string of the molecule is CSc1nonc1C(=NO)Nc1cccc(Cl)c1. The highest BCUT2D eigenvalue weighted by Gasteiger charge is 2.16. The van der Waals surface area contributed by atoms with Gasteiger partial charge in [0.15, 0.2) is 10.7 Å². The van der Waals surface area contributed by atoms with Gasteiger partial charge in [0, 0.05) is 10.7 Å². The first-order valence-electron chi connectivity index (χ1n) is 4.86. The molecule has 0 bridgehead atoms. The Bertz CT molecular complexity index is 573. The zero-order chi connectivity index (χ0) is 13.0. The number of thioether (sulfide) groups is 1. The van der Waals surface area contributed by atoms with Gasteiger partial charge < -0.3 is 10.5 Å². The van der Waals surface area contributed by atoms with Gasteiger partial charge in [-0.1, -0.05) is 22.8 Å². The zero-order valence-corrected chi connectivity index (χ0v) is 10.9. The normalized spacial score (nSPS) is 11.6. The Kier molecular flexibility index (Phi) is 4.06. The molecule has 0 atom stereocenters. The maximum atomic E-state index is 9.02. The average Bonchev–Trinajstić information content (AvgIpc) is 2.84. The third-order valence-electron chi connectivity index (χ3n) is 2.06. The Morgan fingerprint density at radius 2 is 2.33 bits per heavy atom. The third-order valence-corrected chi connectivity index (χ3v) is 2.95. The molecule has 0 unspecified atom stereocenters. The summed E-state index contributed by atoms with van der Waals surface area (Å²) in [6.45, 7) is 0. The van der Waals surface area contributed by atoms with Crippen molar-refractivity contribution in [1.82, 2.24) is 10.3 Å². The number of hydrogen-bond acceptors (Lipinski definition) is 6. The highest BCUT2D eigenvalue weighted by Crippen LogP contribution is 2.19. The van der Waals surface area contributed by atoms with E-state index in [1.807, 2.05) is 6.26 Å². The number of oxime groups is 1. The van der Waals surface area contributed by atoms with Crippen LogP contribution >= 0.6 is 23.4 Å². The second kappa shape index (κ2) is 5.74. The summed E-state index contributed by atoms with van der Waals surface area (Å²) < 4.78 is 4.60. The smallest absolute Gasteiger partial charge is 0.202 e. The van der Waals surface area contributed by atoms with Crippen molar-refractivity contribution in [2.75, 3.05) is 11.6 Å². The minimum Gasteiger partial charge on any atom is -0.409 e. The van der Waals surface area contributed by atoms with Crippen LogP contribution in [-0.4, -0.2) is 27.6 Å².